The number of rotatable bonds is 0. The number of nitrogens with zero attached hydrogens (tertiary/aromatic N) is 4. The van der Waals surface area contributed by atoms with Gasteiger partial charge < -0.3 is 4.40 Å². The summed E-state index contributed by atoms with van der Waals surface area (Å²) >= 11 is 0. The molecule has 0 saturated carbocycles. The van der Waals surface area contributed by atoms with Crippen LogP contribution in [0.4, 0.5) is 0 Å². The Labute approximate surface area is 155 Å². The first-order valence-corrected chi connectivity index (χ1v) is 9.03. The third-order valence-electron chi connectivity index (χ3n) is 4.42. The Hall–Kier alpha value is -2.62. The monoisotopic (exact) mass is 348 g/mol. The van der Waals surface area contributed by atoms with Crippen LogP contribution in [-0.2, 0) is 10.8 Å². The minimum atomic E-state index is 0.154. The fourth-order valence-corrected chi connectivity index (χ4v) is 3.08. The molecule has 4 nitrogen and oxygen atoms in total. The van der Waals surface area contributed by atoms with Crippen LogP contribution in [-0.4, -0.2) is 19.0 Å². The predicted molar refractivity (Wildman–Crippen MR) is 108 cm³/mol. The van der Waals surface area contributed by atoms with Gasteiger partial charge in [-0.15, -0.1) is 0 Å². The molecule has 0 aromatic carbocycles. The second-order valence-electron chi connectivity index (χ2n) is 8.67. The van der Waals surface area contributed by atoms with Crippen molar-refractivity contribution in [3.63, 3.8) is 0 Å². The maximum Gasteiger partial charge on any atom is 0.0993 e. The SMILES string of the molecule is CC(C)(C)c1ccc2cccnn12.CC(C)(C)c1ccc2ccncn12. The molecule has 0 bridgehead atoms. The first-order valence-electron chi connectivity index (χ1n) is 9.03. The molecule has 0 radical (unpaired) electrons. The first kappa shape index (κ1) is 18.2. The van der Waals surface area contributed by atoms with E-state index in [2.05, 4.69) is 86.4 Å². The van der Waals surface area contributed by atoms with Crippen molar-refractivity contribution in [3.8, 4) is 0 Å². The molecule has 0 saturated heterocycles. The molecule has 4 aromatic rings. The molecule has 4 aromatic heterocycles. The van der Waals surface area contributed by atoms with Gasteiger partial charge in [0.25, 0.3) is 0 Å². The van der Waals surface area contributed by atoms with E-state index in [-0.39, 0.29) is 10.8 Å². The van der Waals surface area contributed by atoms with Gasteiger partial charge in [0.05, 0.1) is 11.8 Å². The molecule has 136 valence electrons. The summed E-state index contributed by atoms with van der Waals surface area (Å²) < 4.78 is 4.14. The molecular weight excluding hydrogens is 320 g/mol. The van der Waals surface area contributed by atoms with E-state index >= 15 is 0 Å². The number of aromatic nitrogens is 4. The maximum atomic E-state index is 4.32. The molecular formula is C22H28N4. The van der Waals surface area contributed by atoms with Crippen LogP contribution in [0, 0.1) is 0 Å². The number of hydrogen-bond donors (Lipinski definition) is 0. The van der Waals surface area contributed by atoms with Crippen LogP contribution in [0.2, 0.25) is 0 Å². The van der Waals surface area contributed by atoms with Crippen molar-refractivity contribution < 1.29 is 0 Å². The molecule has 0 aliphatic heterocycles. The lowest BCUT2D eigenvalue weighted by molar-refractivity contribution is 0.551. The van der Waals surface area contributed by atoms with Crippen molar-refractivity contribution in [2.75, 3.05) is 0 Å². The van der Waals surface area contributed by atoms with Crippen molar-refractivity contribution in [2.24, 2.45) is 0 Å². The molecule has 0 atom stereocenters. The Bertz CT molecular complexity index is 926. The van der Waals surface area contributed by atoms with E-state index < -0.39 is 0 Å². The van der Waals surface area contributed by atoms with E-state index in [0.717, 1.165) is 5.52 Å². The fourth-order valence-electron chi connectivity index (χ4n) is 3.08. The standard InChI is InChI=1S/2C11H14N2/c1-11(2,3)10-5-4-9-6-7-12-8-13(9)10;1-11(2,3)10-7-6-9-5-4-8-12-13(9)10/h2*4-8H,1-3H3. The Kier molecular flexibility index (Phi) is 4.61. The zero-order chi connectivity index (χ0) is 18.9. The van der Waals surface area contributed by atoms with Crippen molar-refractivity contribution in [1.29, 1.82) is 0 Å². The second-order valence-corrected chi connectivity index (χ2v) is 8.67. The lowest BCUT2D eigenvalue weighted by Crippen LogP contribution is -2.15. The van der Waals surface area contributed by atoms with E-state index in [9.17, 15) is 0 Å². The highest BCUT2D eigenvalue weighted by Crippen LogP contribution is 2.24. The Balaban J connectivity index is 0.000000151. The van der Waals surface area contributed by atoms with E-state index in [0.29, 0.717) is 0 Å². The van der Waals surface area contributed by atoms with Gasteiger partial charge in [0.15, 0.2) is 0 Å². The highest BCUT2D eigenvalue weighted by atomic mass is 15.2. The van der Waals surface area contributed by atoms with Gasteiger partial charge in [0, 0.05) is 40.1 Å². The van der Waals surface area contributed by atoms with Gasteiger partial charge in [-0.2, -0.15) is 5.10 Å². The molecule has 4 rings (SSSR count). The highest BCUT2D eigenvalue weighted by molar-refractivity contribution is 5.49. The third-order valence-corrected chi connectivity index (χ3v) is 4.42. The van der Waals surface area contributed by atoms with Gasteiger partial charge in [-0.25, -0.2) is 9.50 Å². The predicted octanol–water partition coefficient (Wildman–Crippen LogP) is 5.26. The first-order chi connectivity index (χ1) is 12.2. The zero-order valence-corrected chi connectivity index (χ0v) is 16.6. The Morgan fingerprint density at radius 1 is 0.692 bits per heavy atom. The summed E-state index contributed by atoms with van der Waals surface area (Å²) in [5.74, 6) is 0. The normalized spacial score (nSPS) is 12.2. The van der Waals surface area contributed by atoms with Crippen LogP contribution in [0.1, 0.15) is 52.9 Å². The molecule has 0 unspecified atom stereocenters. The number of hydrogen-bond acceptors (Lipinski definition) is 2. The number of fused-ring (bicyclic) bond motifs is 2. The summed E-state index contributed by atoms with van der Waals surface area (Å²) in [6, 6.07) is 14.6. The highest BCUT2D eigenvalue weighted by Gasteiger charge is 2.18. The van der Waals surface area contributed by atoms with Crippen LogP contribution in [0.25, 0.3) is 11.0 Å². The molecule has 4 heterocycles. The summed E-state index contributed by atoms with van der Waals surface area (Å²) in [5.41, 5.74) is 5.25. The Morgan fingerprint density at radius 2 is 1.35 bits per heavy atom. The van der Waals surface area contributed by atoms with Gasteiger partial charge in [0.2, 0.25) is 0 Å². The zero-order valence-electron chi connectivity index (χ0n) is 16.6. The summed E-state index contributed by atoms with van der Waals surface area (Å²) in [4.78, 5) is 4.12. The second kappa shape index (κ2) is 6.60. The van der Waals surface area contributed by atoms with Crippen molar-refractivity contribution in [1.82, 2.24) is 19.0 Å². The average molecular weight is 348 g/mol. The van der Waals surface area contributed by atoms with Crippen LogP contribution in [0.3, 0.4) is 0 Å². The average Bonchev–Trinajstić information content (AvgIpc) is 3.19. The summed E-state index contributed by atoms with van der Waals surface area (Å²) in [6.45, 7) is 13.2. The maximum absolute atomic E-state index is 4.32. The summed E-state index contributed by atoms with van der Waals surface area (Å²) in [7, 11) is 0. The van der Waals surface area contributed by atoms with E-state index in [1.54, 1.807) is 0 Å². The van der Waals surface area contributed by atoms with Crippen molar-refractivity contribution in [3.05, 3.63) is 72.6 Å². The van der Waals surface area contributed by atoms with Crippen LogP contribution >= 0.6 is 0 Å². The molecule has 0 amide bonds. The quantitative estimate of drug-likeness (QED) is 0.434. The summed E-state index contributed by atoms with van der Waals surface area (Å²) in [5, 5.41) is 4.32. The van der Waals surface area contributed by atoms with Crippen LogP contribution < -0.4 is 0 Å². The van der Waals surface area contributed by atoms with Crippen LogP contribution in [0.15, 0.2) is 61.2 Å². The Morgan fingerprint density at radius 3 is 2.04 bits per heavy atom. The van der Waals surface area contributed by atoms with E-state index in [1.807, 2.05) is 35.4 Å². The third kappa shape index (κ3) is 3.64. The molecule has 0 fully saturated rings. The van der Waals surface area contributed by atoms with Gasteiger partial charge >= 0.3 is 0 Å². The largest absolute Gasteiger partial charge is 0.304 e. The lowest BCUT2D eigenvalue weighted by atomic mass is 9.92. The molecule has 0 spiro atoms. The van der Waals surface area contributed by atoms with Crippen LogP contribution in [0.5, 0.6) is 0 Å². The van der Waals surface area contributed by atoms with Gasteiger partial charge in [-0.05, 0) is 42.5 Å². The minimum Gasteiger partial charge on any atom is -0.304 e. The topological polar surface area (TPSA) is 34.6 Å². The van der Waals surface area contributed by atoms with Gasteiger partial charge in [-0.3, -0.25) is 0 Å². The van der Waals surface area contributed by atoms with Gasteiger partial charge in [-0.1, -0.05) is 41.5 Å². The molecule has 0 aliphatic carbocycles. The molecule has 26 heavy (non-hydrogen) atoms. The minimum absolute atomic E-state index is 0.154. The molecule has 4 heteroatoms. The van der Waals surface area contributed by atoms with Crippen molar-refractivity contribution in [2.45, 2.75) is 52.4 Å². The van der Waals surface area contributed by atoms with Gasteiger partial charge in [0.1, 0.15) is 0 Å². The fraction of sp³-hybridized carbons (Fsp3) is 0.364. The molecule has 0 aliphatic rings. The van der Waals surface area contributed by atoms with Crippen molar-refractivity contribution >= 4 is 11.0 Å². The smallest absolute Gasteiger partial charge is 0.0993 e. The van der Waals surface area contributed by atoms with E-state index in [4.69, 9.17) is 0 Å². The van der Waals surface area contributed by atoms with E-state index in [1.165, 1.54) is 16.9 Å². The summed E-state index contributed by atoms with van der Waals surface area (Å²) in [6.07, 6.45) is 5.51. The molecule has 0 N–H and O–H groups in total. The lowest BCUT2D eigenvalue weighted by Gasteiger charge is -2.18.